The van der Waals surface area contributed by atoms with Gasteiger partial charge in [0.05, 0.1) is 11.8 Å². The monoisotopic (exact) mass is 179 g/mol. The lowest BCUT2D eigenvalue weighted by atomic mass is 10.1. The molecule has 1 rings (SSSR count). The van der Waals surface area contributed by atoms with Crippen molar-refractivity contribution >= 4 is 6.21 Å². The van der Waals surface area contributed by atoms with Gasteiger partial charge in [-0.05, 0) is 17.7 Å². The topological polar surface area (TPSA) is 71.4 Å². The Hall–Kier alpha value is -1.93. The SMILES string of the molecule is N#Cc1cc(C=NON)ccc1F. The normalized spacial score (nSPS) is 9.92. The van der Waals surface area contributed by atoms with E-state index in [2.05, 4.69) is 16.0 Å². The highest BCUT2D eigenvalue weighted by molar-refractivity contribution is 5.79. The Labute approximate surface area is 74.0 Å². The number of hydrogen-bond donors (Lipinski definition) is 1. The zero-order valence-corrected chi connectivity index (χ0v) is 6.57. The van der Waals surface area contributed by atoms with Crippen LogP contribution >= 0.6 is 0 Å². The summed E-state index contributed by atoms with van der Waals surface area (Å²) in [5.41, 5.74) is 0.504. The van der Waals surface area contributed by atoms with Crippen LogP contribution in [0.1, 0.15) is 11.1 Å². The predicted octanol–water partition coefficient (Wildman–Crippen LogP) is 0.922. The van der Waals surface area contributed by atoms with Crippen molar-refractivity contribution in [3.8, 4) is 6.07 Å². The maximum Gasteiger partial charge on any atom is 0.140 e. The molecule has 0 saturated heterocycles. The fraction of sp³-hybridized carbons (Fsp3) is 0. The molecule has 0 spiro atoms. The standard InChI is InChI=1S/C8H6FN3O/c9-8-2-1-6(5-12-13-11)3-7(8)4-10/h1-3,5H,11H2. The number of halogens is 1. The van der Waals surface area contributed by atoms with Gasteiger partial charge in [0, 0.05) is 0 Å². The summed E-state index contributed by atoms with van der Waals surface area (Å²) in [7, 11) is 0. The number of hydrogen-bond acceptors (Lipinski definition) is 4. The molecule has 0 atom stereocenters. The minimum atomic E-state index is -0.562. The van der Waals surface area contributed by atoms with Gasteiger partial charge in [-0.3, -0.25) is 0 Å². The van der Waals surface area contributed by atoms with E-state index in [0.29, 0.717) is 5.56 Å². The van der Waals surface area contributed by atoms with Crippen molar-refractivity contribution < 1.29 is 9.33 Å². The van der Waals surface area contributed by atoms with Crippen molar-refractivity contribution in [3.05, 3.63) is 35.1 Å². The van der Waals surface area contributed by atoms with Crippen LogP contribution in [0.3, 0.4) is 0 Å². The molecule has 1 aromatic carbocycles. The van der Waals surface area contributed by atoms with Gasteiger partial charge < -0.3 is 4.94 Å². The first kappa shape index (κ1) is 9.16. The molecule has 13 heavy (non-hydrogen) atoms. The number of rotatable bonds is 2. The summed E-state index contributed by atoms with van der Waals surface area (Å²) in [6.45, 7) is 0. The Bertz CT molecular complexity index is 370. The molecule has 0 aromatic heterocycles. The largest absolute Gasteiger partial charge is 0.303 e. The van der Waals surface area contributed by atoms with E-state index >= 15 is 0 Å². The quantitative estimate of drug-likeness (QED) is 0.542. The predicted molar refractivity (Wildman–Crippen MR) is 44.0 cm³/mol. The average Bonchev–Trinajstić information content (AvgIpc) is 2.16. The molecule has 0 aliphatic carbocycles. The van der Waals surface area contributed by atoms with E-state index in [-0.39, 0.29) is 5.56 Å². The molecule has 5 heteroatoms. The number of nitriles is 1. The van der Waals surface area contributed by atoms with Crippen LogP contribution < -0.4 is 5.90 Å². The van der Waals surface area contributed by atoms with Crippen LogP contribution in [0.4, 0.5) is 4.39 Å². The second kappa shape index (κ2) is 4.18. The van der Waals surface area contributed by atoms with Gasteiger partial charge in [0.15, 0.2) is 0 Å². The number of benzene rings is 1. The summed E-state index contributed by atoms with van der Waals surface area (Å²) >= 11 is 0. The molecule has 1 aromatic rings. The molecule has 0 aliphatic heterocycles. The van der Waals surface area contributed by atoms with Crippen LogP contribution in [0.2, 0.25) is 0 Å². The summed E-state index contributed by atoms with van der Waals surface area (Å²) < 4.78 is 12.8. The van der Waals surface area contributed by atoms with Crippen LogP contribution in [0.25, 0.3) is 0 Å². The molecule has 0 aliphatic rings. The van der Waals surface area contributed by atoms with Crippen LogP contribution in [-0.2, 0) is 4.94 Å². The third kappa shape index (κ3) is 2.25. The van der Waals surface area contributed by atoms with E-state index in [1.54, 1.807) is 6.07 Å². The Morgan fingerprint density at radius 1 is 1.62 bits per heavy atom. The van der Waals surface area contributed by atoms with Crippen molar-refractivity contribution in [2.45, 2.75) is 0 Å². The lowest BCUT2D eigenvalue weighted by Gasteiger charge is -1.94. The van der Waals surface area contributed by atoms with Gasteiger partial charge in [-0.1, -0.05) is 11.2 Å². The first-order valence-corrected chi connectivity index (χ1v) is 3.37. The lowest BCUT2D eigenvalue weighted by molar-refractivity contribution is 0.150. The molecule has 0 radical (unpaired) electrons. The first-order chi connectivity index (χ1) is 6.27. The second-order valence-electron chi connectivity index (χ2n) is 2.19. The van der Waals surface area contributed by atoms with Crippen LogP contribution in [-0.4, -0.2) is 6.21 Å². The van der Waals surface area contributed by atoms with Gasteiger partial charge in [-0.15, -0.1) is 5.90 Å². The van der Waals surface area contributed by atoms with E-state index in [1.807, 2.05) is 0 Å². The highest BCUT2D eigenvalue weighted by Crippen LogP contribution is 2.07. The van der Waals surface area contributed by atoms with Crippen molar-refractivity contribution in [2.24, 2.45) is 11.1 Å². The Kier molecular flexibility index (Phi) is 2.95. The van der Waals surface area contributed by atoms with Gasteiger partial charge in [-0.25, -0.2) is 4.39 Å². The van der Waals surface area contributed by atoms with Gasteiger partial charge in [0.1, 0.15) is 11.9 Å². The van der Waals surface area contributed by atoms with Crippen molar-refractivity contribution in [3.63, 3.8) is 0 Å². The third-order valence-electron chi connectivity index (χ3n) is 1.37. The van der Waals surface area contributed by atoms with E-state index in [4.69, 9.17) is 5.26 Å². The van der Waals surface area contributed by atoms with Crippen LogP contribution in [0.15, 0.2) is 23.4 Å². The smallest absolute Gasteiger partial charge is 0.140 e. The zero-order valence-electron chi connectivity index (χ0n) is 6.57. The Morgan fingerprint density at radius 3 is 3.00 bits per heavy atom. The molecule has 0 fully saturated rings. The summed E-state index contributed by atoms with van der Waals surface area (Å²) in [6.07, 6.45) is 1.28. The minimum absolute atomic E-state index is 0.0408. The molecule has 0 saturated carbocycles. The molecule has 4 nitrogen and oxygen atoms in total. The number of nitrogens with two attached hydrogens (primary N) is 1. The van der Waals surface area contributed by atoms with Crippen molar-refractivity contribution in [1.29, 1.82) is 5.26 Å². The highest BCUT2D eigenvalue weighted by atomic mass is 19.1. The zero-order chi connectivity index (χ0) is 9.68. The van der Waals surface area contributed by atoms with Crippen molar-refractivity contribution in [1.82, 2.24) is 0 Å². The van der Waals surface area contributed by atoms with E-state index < -0.39 is 5.82 Å². The fourth-order valence-electron chi connectivity index (χ4n) is 0.800. The van der Waals surface area contributed by atoms with Gasteiger partial charge >= 0.3 is 0 Å². The second-order valence-corrected chi connectivity index (χ2v) is 2.19. The molecule has 0 amide bonds. The fourth-order valence-corrected chi connectivity index (χ4v) is 0.800. The van der Waals surface area contributed by atoms with E-state index in [1.165, 1.54) is 24.4 Å². The van der Waals surface area contributed by atoms with Gasteiger partial charge in [0.25, 0.3) is 0 Å². The summed E-state index contributed by atoms with van der Waals surface area (Å²) in [5.74, 6) is 4.08. The van der Waals surface area contributed by atoms with Crippen molar-refractivity contribution in [2.75, 3.05) is 0 Å². The summed E-state index contributed by atoms with van der Waals surface area (Å²) in [6, 6.07) is 5.68. The number of nitrogens with zero attached hydrogens (tertiary/aromatic N) is 2. The van der Waals surface area contributed by atoms with E-state index in [9.17, 15) is 4.39 Å². The minimum Gasteiger partial charge on any atom is -0.303 e. The number of oxime groups is 1. The summed E-state index contributed by atoms with van der Waals surface area (Å²) in [5, 5.41) is 11.7. The molecular weight excluding hydrogens is 173 g/mol. The van der Waals surface area contributed by atoms with Gasteiger partial charge in [-0.2, -0.15) is 5.26 Å². The molecule has 0 unspecified atom stereocenters. The van der Waals surface area contributed by atoms with E-state index in [0.717, 1.165) is 0 Å². The molecule has 2 N–H and O–H groups in total. The third-order valence-corrected chi connectivity index (χ3v) is 1.37. The van der Waals surface area contributed by atoms with Gasteiger partial charge in [0.2, 0.25) is 0 Å². The maximum atomic E-state index is 12.8. The maximum absolute atomic E-state index is 12.8. The highest BCUT2D eigenvalue weighted by Gasteiger charge is 2.00. The molecular formula is C8H6FN3O. The molecule has 66 valence electrons. The van der Waals surface area contributed by atoms with Crippen LogP contribution in [0.5, 0.6) is 0 Å². The summed E-state index contributed by atoms with van der Waals surface area (Å²) in [4.78, 5) is 3.94. The first-order valence-electron chi connectivity index (χ1n) is 3.37. The molecule has 0 heterocycles. The van der Waals surface area contributed by atoms with Crippen LogP contribution in [0, 0.1) is 17.1 Å². The molecule has 0 bridgehead atoms. The lowest BCUT2D eigenvalue weighted by Crippen LogP contribution is -1.92. The Balaban J connectivity index is 3.01. The average molecular weight is 179 g/mol. The Morgan fingerprint density at radius 2 is 2.38 bits per heavy atom.